The molecule has 0 bridgehead atoms. The third kappa shape index (κ3) is 3.77. The molecule has 2 fully saturated rings. The summed E-state index contributed by atoms with van der Waals surface area (Å²) in [7, 11) is 0. The third-order valence-electron chi connectivity index (χ3n) is 5.62. The molecule has 1 aliphatic heterocycles. The summed E-state index contributed by atoms with van der Waals surface area (Å²) in [5, 5.41) is 3.11. The number of nitrogens with zero attached hydrogens (tertiary/aromatic N) is 1. The summed E-state index contributed by atoms with van der Waals surface area (Å²) in [5.41, 5.74) is 2.18. The lowest BCUT2D eigenvalue weighted by atomic mass is 9.85. The molecule has 130 valence electrons. The molecule has 1 amide bonds. The van der Waals surface area contributed by atoms with Crippen molar-refractivity contribution in [3.63, 3.8) is 0 Å². The zero-order valence-electron chi connectivity index (χ0n) is 14.6. The average Bonchev–Trinajstić information content (AvgIpc) is 3.38. The number of hydrogen-bond acceptors (Lipinski definition) is 2. The SMILES string of the molecule is O=C(Nc1ccccc1)[C@H]1[C@H](C2CCCCC2)N1Cc1ccccc1. The largest absolute Gasteiger partial charge is 0.325 e. The lowest BCUT2D eigenvalue weighted by Crippen LogP contribution is -2.24. The number of carbonyl (C=O) groups excluding carboxylic acids is 1. The summed E-state index contributed by atoms with van der Waals surface area (Å²) in [6, 6.07) is 20.7. The molecule has 0 aromatic heterocycles. The van der Waals surface area contributed by atoms with Crippen LogP contribution in [-0.4, -0.2) is 22.9 Å². The third-order valence-corrected chi connectivity index (χ3v) is 5.62. The van der Waals surface area contributed by atoms with Gasteiger partial charge < -0.3 is 5.32 Å². The van der Waals surface area contributed by atoms with E-state index in [1.165, 1.54) is 37.7 Å². The van der Waals surface area contributed by atoms with Gasteiger partial charge in [-0.25, -0.2) is 0 Å². The number of anilines is 1. The Hall–Kier alpha value is -2.13. The molecule has 2 aromatic carbocycles. The Morgan fingerprint density at radius 2 is 1.56 bits per heavy atom. The summed E-state index contributed by atoms with van der Waals surface area (Å²) in [6.07, 6.45) is 6.51. The first-order valence-corrected chi connectivity index (χ1v) is 9.48. The van der Waals surface area contributed by atoms with Crippen LogP contribution in [0.3, 0.4) is 0 Å². The van der Waals surface area contributed by atoms with Gasteiger partial charge in [-0.3, -0.25) is 9.69 Å². The van der Waals surface area contributed by atoms with Crippen LogP contribution >= 0.6 is 0 Å². The van der Waals surface area contributed by atoms with Crippen molar-refractivity contribution in [2.45, 2.75) is 50.7 Å². The second kappa shape index (κ2) is 7.40. The van der Waals surface area contributed by atoms with E-state index in [1.54, 1.807) is 0 Å². The first kappa shape index (κ1) is 16.3. The monoisotopic (exact) mass is 334 g/mol. The van der Waals surface area contributed by atoms with Gasteiger partial charge in [0.2, 0.25) is 5.91 Å². The summed E-state index contributed by atoms with van der Waals surface area (Å²) < 4.78 is 0. The molecule has 2 aliphatic rings. The molecule has 3 heteroatoms. The number of benzene rings is 2. The molecule has 0 radical (unpaired) electrons. The number of rotatable bonds is 5. The van der Waals surface area contributed by atoms with Crippen LogP contribution in [0.25, 0.3) is 0 Å². The fraction of sp³-hybridized carbons (Fsp3) is 0.409. The molecule has 4 rings (SSSR count). The Morgan fingerprint density at radius 1 is 0.920 bits per heavy atom. The minimum atomic E-state index is 0.0171. The first-order chi connectivity index (χ1) is 12.3. The van der Waals surface area contributed by atoms with Crippen LogP contribution in [-0.2, 0) is 11.3 Å². The molecule has 1 heterocycles. The summed E-state index contributed by atoms with van der Waals surface area (Å²) in [4.78, 5) is 15.3. The van der Waals surface area contributed by atoms with Crippen LogP contribution in [0.1, 0.15) is 37.7 Å². The Balaban J connectivity index is 1.47. The maximum absolute atomic E-state index is 12.9. The standard InChI is InChI=1S/C22H26N2O/c25-22(23-19-14-8-3-9-15-19)21-20(18-12-6-2-7-13-18)24(21)16-17-10-4-1-5-11-17/h1,3-5,8-11,14-15,18,20-21H,2,6-7,12-13,16H2,(H,23,25)/t20-,21+,24?/m0/s1. The zero-order valence-corrected chi connectivity index (χ0v) is 14.6. The highest BCUT2D eigenvalue weighted by Gasteiger charge is 2.55. The quantitative estimate of drug-likeness (QED) is 0.819. The van der Waals surface area contributed by atoms with E-state index in [9.17, 15) is 4.79 Å². The molecule has 1 unspecified atom stereocenters. The lowest BCUT2D eigenvalue weighted by Gasteiger charge is -2.21. The smallest absolute Gasteiger partial charge is 0.243 e. The van der Waals surface area contributed by atoms with Crippen molar-refractivity contribution in [1.82, 2.24) is 4.90 Å². The number of nitrogens with one attached hydrogen (secondary N) is 1. The van der Waals surface area contributed by atoms with E-state index in [0.29, 0.717) is 12.0 Å². The molecule has 1 saturated heterocycles. The normalized spacial score (nSPS) is 26.2. The van der Waals surface area contributed by atoms with Gasteiger partial charge in [0.25, 0.3) is 0 Å². The van der Waals surface area contributed by atoms with Crippen LogP contribution in [0, 0.1) is 5.92 Å². The van der Waals surface area contributed by atoms with Gasteiger partial charge in [-0.05, 0) is 36.5 Å². The second-order valence-electron chi connectivity index (χ2n) is 7.35. The summed E-state index contributed by atoms with van der Waals surface area (Å²) in [5.74, 6) is 0.821. The Morgan fingerprint density at radius 3 is 2.24 bits per heavy atom. The van der Waals surface area contributed by atoms with E-state index in [1.807, 2.05) is 36.4 Å². The molecule has 3 atom stereocenters. The van der Waals surface area contributed by atoms with Crippen LogP contribution in [0.4, 0.5) is 5.69 Å². The van der Waals surface area contributed by atoms with E-state index in [0.717, 1.165) is 12.2 Å². The van der Waals surface area contributed by atoms with Crippen LogP contribution in [0.5, 0.6) is 0 Å². The number of carbonyl (C=O) groups is 1. The van der Waals surface area contributed by atoms with Gasteiger partial charge in [-0.1, -0.05) is 67.8 Å². The Labute approximate surface area is 150 Å². The van der Waals surface area contributed by atoms with Crippen molar-refractivity contribution in [2.24, 2.45) is 5.92 Å². The van der Waals surface area contributed by atoms with Gasteiger partial charge in [0.1, 0.15) is 6.04 Å². The second-order valence-corrected chi connectivity index (χ2v) is 7.35. The van der Waals surface area contributed by atoms with E-state index in [-0.39, 0.29) is 11.9 Å². The number of para-hydroxylation sites is 1. The maximum atomic E-state index is 12.9. The average molecular weight is 334 g/mol. The zero-order chi connectivity index (χ0) is 17.1. The topological polar surface area (TPSA) is 32.1 Å². The van der Waals surface area contributed by atoms with Crippen LogP contribution in [0.15, 0.2) is 60.7 Å². The first-order valence-electron chi connectivity index (χ1n) is 9.48. The maximum Gasteiger partial charge on any atom is 0.243 e. The van der Waals surface area contributed by atoms with Gasteiger partial charge in [0.15, 0.2) is 0 Å². The number of hydrogen-bond donors (Lipinski definition) is 1. The van der Waals surface area contributed by atoms with Crippen LogP contribution < -0.4 is 5.32 Å². The highest BCUT2D eigenvalue weighted by molar-refractivity contribution is 5.97. The predicted octanol–water partition coefficient (Wildman–Crippen LogP) is 4.46. The number of amides is 1. The summed E-state index contributed by atoms with van der Waals surface area (Å²) in [6.45, 7) is 0.870. The highest BCUT2D eigenvalue weighted by Crippen LogP contribution is 2.43. The minimum absolute atomic E-state index is 0.0171. The fourth-order valence-electron chi connectivity index (χ4n) is 4.34. The molecule has 1 N–H and O–H groups in total. The lowest BCUT2D eigenvalue weighted by molar-refractivity contribution is -0.116. The van der Waals surface area contributed by atoms with Gasteiger partial charge in [-0.15, -0.1) is 0 Å². The van der Waals surface area contributed by atoms with E-state index < -0.39 is 0 Å². The van der Waals surface area contributed by atoms with Crippen molar-refractivity contribution in [2.75, 3.05) is 5.32 Å². The van der Waals surface area contributed by atoms with Crippen molar-refractivity contribution < 1.29 is 4.79 Å². The molecular weight excluding hydrogens is 308 g/mol. The van der Waals surface area contributed by atoms with E-state index in [2.05, 4.69) is 34.5 Å². The molecule has 0 spiro atoms. The van der Waals surface area contributed by atoms with Gasteiger partial charge in [0.05, 0.1) is 0 Å². The van der Waals surface area contributed by atoms with Gasteiger partial charge in [-0.2, -0.15) is 0 Å². The molecule has 2 aromatic rings. The van der Waals surface area contributed by atoms with Gasteiger partial charge in [0, 0.05) is 18.3 Å². The van der Waals surface area contributed by atoms with Crippen molar-refractivity contribution in [3.05, 3.63) is 66.2 Å². The summed E-state index contributed by atoms with van der Waals surface area (Å²) >= 11 is 0. The van der Waals surface area contributed by atoms with Crippen molar-refractivity contribution in [3.8, 4) is 0 Å². The Kier molecular flexibility index (Phi) is 4.84. The van der Waals surface area contributed by atoms with Gasteiger partial charge >= 0.3 is 0 Å². The molecule has 25 heavy (non-hydrogen) atoms. The molecular formula is C22H26N2O. The molecule has 3 nitrogen and oxygen atoms in total. The van der Waals surface area contributed by atoms with Crippen molar-refractivity contribution in [1.29, 1.82) is 0 Å². The molecule has 1 aliphatic carbocycles. The Bertz CT molecular complexity index is 694. The highest BCUT2D eigenvalue weighted by atomic mass is 16.2. The van der Waals surface area contributed by atoms with E-state index >= 15 is 0 Å². The predicted molar refractivity (Wildman–Crippen MR) is 101 cm³/mol. The van der Waals surface area contributed by atoms with E-state index in [4.69, 9.17) is 0 Å². The van der Waals surface area contributed by atoms with Crippen LogP contribution in [0.2, 0.25) is 0 Å². The fourth-order valence-corrected chi connectivity index (χ4v) is 4.34. The van der Waals surface area contributed by atoms with Crippen molar-refractivity contribution >= 4 is 11.6 Å². The molecule has 1 saturated carbocycles. The minimum Gasteiger partial charge on any atom is -0.325 e.